The van der Waals surface area contributed by atoms with E-state index in [1.807, 2.05) is 26.0 Å². The number of amides is 3. The van der Waals surface area contributed by atoms with Crippen molar-refractivity contribution in [2.45, 2.75) is 42.9 Å². The Labute approximate surface area is 197 Å². The number of nitrogens with one attached hydrogen (secondary N) is 1. The first-order valence-corrected chi connectivity index (χ1v) is 12.1. The van der Waals surface area contributed by atoms with Crippen molar-refractivity contribution in [3.05, 3.63) is 29.3 Å². The van der Waals surface area contributed by atoms with Crippen molar-refractivity contribution in [3.8, 4) is 0 Å². The number of fused-ring (bicyclic) bond motifs is 5. The number of halogens is 2. The lowest BCUT2D eigenvalue weighted by Crippen LogP contribution is -2.45. The third-order valence-corrected chi connectivity index (χ3v) is 9.96. The number of likely N-dealkylation sites (tertiary alicyclic amines) is 1. The van der Waals surface area contributed by atoms with E-state index >= 15 is 0 Å². The highest BCUT2D eigenvalue weighted by atomic mass is 79.9. The summed E-state index contributed by atoms with van der Waals surface area (Å²) in [6, 6.07) is 4.53. The van der Waals surface area contributed by atoms with Crippen LogP contribution in [0.4, 0.5) is 5.69 Å². The third-order valence-electron chi connectivity index (χ3n) is 6.75. The first-order valence-electron chi connectivity index (χ1n) is 10.3. The maximum Gasteiger partial charge on any atom is 0.329 e. The minimum absolute atomic E-state index is 0.0765. The van der Waals surface area contributed by atoms with Gasteiger partial charge in [-0.3, -0.25) is 19.3 Å². The van der Waals surface area contributed by atoms with Gasteiger partial charge in [0.15, 0.2) is 6.61 Å². The molecule has 3 aliphatic rings. The number of aryl methyl sites for hydroxylation is 2. The van der Waals surface area contributed by atoms with Gasteiger partial charge >= 0.3 is 5.97 Å². The zero-order valence-electron chi connectivity index (χ0n) is 17.4. The Bertz CT molecular complexity index is 935. The lowest BCUT2D eigenvalue weighted by molar-refractivity contribution is -0.159. The molecule has 7 atom stereocenters. The molecular formula is C22H24Br2N2O5. The molecule has 2 aliphatic carbocycles. The Balaban J connectivity index is 1.37. The molecule has 31 heavy (non-hydrogen) atoms. The molecule has 0 spiro atoms. The molecule has 1 aliphatic heterocycles. The lowest BCUT2D eigenvalue weighted by atomic mass is 9.81. The summed E-state index contributed by atoms with van der Waals surface area (Å²) in [5.41, 5.74) is 2.62. The molecule has 1 aromatic rings. The number of nitrogens with zero attached hydrogens (tertiary/aromatic N) is 1. The monoisotopic (exact) mass is 554 g/mol. The van der Waals surface area contributed by atoms with E-state index in [2.05, 4.69) is 37.2 Å². The molecule has 1 saturated heterocycles. The quantitative estimate of drug-likeness (QED) is 0.342. The summed E-state index contributed by atoms with van der Waals surface area (Å²) in [6.07, 6.45) is 0.823. The topological polar surface area (TPSA) is 92.8 Å². The fraction of sp³-hybridized carbons (Fsp3) is 0.545. The fourth-order valence-electron chi connectivity index (χ4n) is 5.26. The van der Waals surface area contributed by atoms with E-state index in [0.29, 0.717) is 5.69 Å². The van der Waals surface area contributed by atoms with Gasteiger partial charge in [0.2, 0.25) is 11.8 Å². The molecule has 0 unspecified atom stereocenters. The Morgan fingerprint density at radius 3 is 2.26 bits per heavy atom. The van der Waals surface area contributed by atoms with E-state index in [1.54, 1.807) is 6.07 Å². The van der Waals surface area contributed by atoms with Crippen molar-refractivity contribution in [2.24, 2.45) is 23.7 Å². The number of imide groups is 1. The molecule has 166 valence electrons. The van der Waals surface area contributed by atoms with Crippen LogP contribution in [0.3, 0.4) is 0 Å². The maximum absolute atomic E-state index is 13.0. The van der Waals surface area contributed by atoms with Crippen LogP contribution in [0, 0.1) is 37.5 Å². The van der Waals surface area contributed by atoms with Crippen molar-refractivity contribution >= 4 is 61.2 Å². The number of carbonyl (C=O) groups is 4. The van der Waals surface area contributed by atoms with Gasteiger partial charge < -0.3 is 10.1 Å². The molecule has 9 heteroatoms. The Hall–Kier alpha value is -1.74. The van der Waals surface area contributed by atoms with Crippen molar-refractivity contribution in [2.75, 3.05) is 11.9 Å². The molecule has 0 radical (unpaired) electrons. The van der Waals surface area contributed by atoms with Crippen molar-refractivity contribution in [1.29, 1.82) is 0 Å². The van der Waals surface area contributed by atoms with Gasteiger partial charge in [-0.15, -0.1) is 0 Å². The van der Waals surface area contributed by atoms with Gasteiger partial charge in [-0.05, 0) is 50.7 Å². The summed E-state index contributed by atoms with van der Waals surface area (Å²) in [5, 5.41) is 2.71. The first kappa shape index (κ1) is 22.5. The molecule has 1 heterocycles. The summed E-state index contributed by atoms with van der Waals surface area (Å²) in [6.45, 7) is 4.82. The first-order chi connectivity index (χ1) is 14.6. The number of hydrogen-bond donors (Lipinski definition) is 1. The number of anilines is 1. The Kier molecular flexibility index (Phi) is 6.02. The van der Waals surface area contributed by atoms with Gasteiger partial charge in [0.1, 0.15) is 6.04 Å². The number of benzene rings is 1. The fourth-order valence-corrected chi connectivity index (χ4v) is 7.13. The molecule has 2 bridgehead atoms. The summed E-state index contributed by atoms with van der Waals surface area (Å²) < 4.78 is 5.13. The lowest BCUT2D eigenvalue weighted by Gasteiger charge is -2.28. The van der Waals surface area contributed by atoms with E-state index in [9.17, 15) is 19.2 Å². The van der Waals surface area contributed by atoms with Crippen LogP contribution in [0.5, 0.6) is 0 Å². The van der Waals surface area contributed by atoms with Crippen molar-refractivity contribution in [1.82, 2.24) is 4.90 Å². The van der Waals surface area contributed by atoms with Gasteiger partial charge in [-0.2, -0.15) is 0 Å². The van der Waals surface area contributed by atoms with Crippen molar-refractivity contribution in [3.63, 3.8) is 0 Å². The van der Waals surface area contributed by atoms with Crippen LogP contribution in [-0.2, 0) is 23.9 Å². The van der Waals surface area contributed by atoms with Gasteiger partial charge in [0.05, 0.1) is 11.8 Å². The highest BCUT2D eigenvalue weighted by Gasteiger charge is 2.67. The molecule has 4 rings (SSSR count). The normalized spacial score (nSPS) is 32.2. The number of carbonyl (C=O) groups excluding carboxylic acids is 4. The smallest absolute Gasteiger partial charge is 0.329 e. The van der Waals surface area contributed by atoms with Crippen LogP contribution in [0.15, 0.2) is 18.2 Å². The van der Waals surface area contributed by atoms with Crippen LogP contribution < -0.4 is 5.32 Å². The third kappa shape index (κ3) is 3.73. The van der Waals surface area contributed by atoms with Crippen LogP contribution in [0.25, 0.3) is 0 Å². The number of esters is 1. The minimum Gasteiger partial charge on any atom is -0.454 e. The van der Waals surface area contributed by atoms with Crippen LogP contribution >= 0.6 is 31.9 Å². The Morgan fingerprint density at radius 1 is 1.13 bits per heavy atom. The second kappa shape index (κ2) is 8.31. The van der Waals surface area contributed by atoms with Gasteiger partial charge in [-0.1, -0.05) is 49.6 Å². The van der Waals surface area contributed by atoms with E-state index in [4.69, 9.17) is 4.74 Å². The largest absolute Gasteiger partial charge is 0.454 e. The predicted octanol–water partition coefficient (Wildman–Crippen LogP) is 2.95. The van der Waals surface area contributed by atoms with Crippen LogP contribution in [-0.4, -0.2) is 50.9 Å². The highest BCUT2D eigenvalue weighted by molar-refractivity contribution is 9.12. The van der Waals surface area contributed by atoms with Crippen LogP contribution in [0.1, 0.15) is 24.5 Å². The second-order valence-corrected chi connectivity index (χ2v) is 10.8. The number of ether oxygens (including phenoxy) is 1. The number of hydrogen-bond acceptors (Lipinski definition) is 5. The molecule has 2 saturated carbocycles. The zero-order chi connectivity index (χ0) is 22.6. The molecule has 3 amide bonds. The summed E-state index contributed by atoms with van der Waals surface area (Å²) in [4.78, 5) is 52.1. The molecule has 1 N–H and O–H groups in total. The van der Waals surface area contributed by atoms with E-state index in [-0.39, 0.29) is 33.3 Å². The SMILES string of the molecule is Cc1ccc(NC(=O)COC(=O)[C@H](C)N2C(=O)[C@@H]3[C@H]4C[C@@H]([C@H](Br)[C@H]4Br)[C@@H]3C2=O)c(C)c1. The summed E-state index contributed by atoms with van der Waals surface area (Å²) >= 11 is 7.28. The standard InChI is InChI=1S/C22H24Br2N2O5/c1-9-4-5-14(10(2)6-9)25-15(27)8-31-22(30)11(3)26-20(28)16-12-7-13(17(16)21(26)29)19(24)18(12)23/h4-6,11-13,16-19H,7-8H2,1-3H3,(H,25,27)/t11-,12+,13+,16-,17+,18-,19-/m0/s1. The summed E-state index contributed by atoms with van der Waals surface area (Å²) in [5.74, 6) is -2.50. The molecule has 1 aromatic carbocycles. The summed E-state index contributed by atoms with van der Waals surface area (Å²) in [7, 11) is 0. The highest BCUT2D eigenvalue weighted by Crippen LogP contribution is 2.60. The minimum atomic E-state index is -1.07. The van der Waals surface area contributed by atoms with Gasteiger partial charge in [0, 0.05) is 15.3 Å². The zero-order valence-corrected chi connectivity index (χ0v) is 20.6. The van der Waals surface area contributed by atoms with E-state index in [0.717, 1.165) is 22.4 Å². The maximum atomic E-state index is 13.0. The van der Waals surface area contributed by atoms with Crippen LogP contribution in [0.2, 0.25) is 0 Å². The number of rotatable bonds is 5. The van der Waals surface area contributed by atoms with Gasteiger partial charge in [0.25, 0.3) is 5.91 Å². The average Bonchev–Trinajstić information content (AvgIpc) is 3.32. The van der Waals surface area contributed by atoms with Gasteiger partial charge in [-0.25, -0.2) is 4.79 Å². The second-order valence-electron chi connectivity index (χ2n) is 8.70. The van der Waals surface area contributed by atoms with E-state index < -0.39 is 36.4 Å². The number of alkyl halides is 2. The molecular weight excluding hydrogens is 532 g/mol. The molecule has 0 aromatic heterocycles. The van der Waals surface area contributed by atoms with Crippen molar-refractivity contribution < 1.29 is 23.9 Å². The molecule has 7 nitrogen and oxygen atoms in total. The predicted molar refractivity (Wildman–Crippen MR) is 121 cm³/mol. The average molecular weight is 556 g/mol. The molecule has 3 fully saturated rings. The van der Waals surface area contributed by atoms with E-state index in [1.165, 1.54) is 6.92 Å². The Morgan fingerprint density at radius 2 is 1.71 bits per heavy atom.